The van der Waals surface area contributed by atoms with Crippen molar-refractivity contribution in [2.24, 2.45) is 0 Å². The molecule has 0 aliphatic heterocycles. The third-order valence-corrected chi connectivity index (χ3v) is 3.54. The number of hydrogen-bond donors (Lipinski definition) is 1. The van der Waals surface area contributed by atoms with Crippen LogP contribution in [0.25, 0.3) is 11.5 Å². The minimum Gasteiger partial charge on any atom is -0.421 e. The molecule has 1 amide bonds. The Morgan fingerprint density at radius 2 is 2.13 bits per heavy atom. The van der Waals surface area contributed by atoms with E-state index < -0.39 is 0 Å². The lowest BCUT2D eigenvalue weighted by Gasteiger charge is -2.04. The Morgan fingerprint density at radius 1 is 1.22 bits per heavy atom. The van der Waals surface area contributed by atoms with E-state index in [1.807, 2.05) is 30.3 Å². The lowest BCUT2D eigenvalue weighted by Crippen LogP contribution is -2.12. The molecule has 0 aliphatic rings. The molecular formula is C16H13BrN4O2. The Hall–Kier alpha value is -2.54. The highest BCUT2D eigenvalue weighted by atomic mass is 79.9. The first-order valence-electron chi connectivity index (χ1n) is 6.99. The number of rotatable bonds is 5. The highest BCUT2D eigenvalue weighted by Crippen LogP contribution is 2.18. The third-order valence-electron chi connectivity index (χ3n) is 3.05. The van der Waals surface area contributed by atoms with Crippen LogP contribution in [0.1, 0.15) is 12.3 Å². The summed E-state index contributed by atoms with van der Waals surface area (Å²) in [6, 6.07) is 11.1. The van der Waals surface area contributed by atoms with Gasteiger partial charge in [0.2, 0.25) is 17.7 Å². The first-order chi connectivity index (χ1) is 11.2. The molecule has 0 aliphatic carbocycles. The van der Waals surface area contributed by atoms with Crippen LogP contribution in [-0.4, -0.2) is 21.1 Å². The monoisotopic (exact) mass is 372 g/mol. The molecule has 0 atom stereocenters. The normalized spacial score (nSPS) is 10.5. The number of benzene rings is 1. The number of aromatic nitrogens is 3. The fourth-order valence-electron chi connectivity index (χ4n) is 1.97. The van der Waals surface area contributed by atoms with Gasteiger partial charge in [-0.2, -0.15) is 0 Å². The maximum atomic E-state index is 11.9. The van der Waals surface area contributed by atoms with Crippen LogP contribution in [0.2, 0.25) is 0 Å². The molecule has 116 valence electrons. The van der Waals surface area contributed by atoms with Gasteiger partial charge in [-0.3, -0.25) is 9.78 Å². The van der Waals surface area contributed by atoms with E-state index in [-0.39, 0.29) is 12.3 Å². The maximum Gasteiger partial charge on any atom is 0.249 e. The molecule has 3 aromatic rings. The Balaban J connectivity index is 1.56. The SMILES string of the molecule is O=C(CCc1nnc(-c2cccnc2)o1)Nc1cccc(Br)c1. The smallest absolute Gasteiger partial charge is 0.249 e. The predicted molar refractivity (Wildman–Crippen MR) is 88.6 cm³/mol. The van der Waals surface area contributed by atoms with Crippen molar-refractivity contribution in [3.63, 3.8) is 0 Å². The van der Waals surface area contributed by atoms with E-state index in [9.17, 15) is 4.79 Å². The van der Waals surface area contributed by atoms with E-state index >= 15 is 0 Å². The van der Waals surface area contributed by atoms with Crippen molar-refractivity contribution in [3.8, 4) is 11.5 Å². The zero-order valence-corrected chi connectivity index (χ0v) is 13.7. The molecule has 3 rings (SSSR count). The summed E-state index contributed by atoms with van der Waals surface area (Å²) < 4.78 is 6.45. The van der Waals surface area contributed by atoms with Crippen molar-refractivity contribution in [2.45, 2.75) is 12.8 Å². The first-order valence-corrected chi connectivity index (χ1v) is 7.78. The second-order valence-corrected chi connectivity index (χ2v) is 5.72. The van der Waals surface area contributed by atoms with E-state index in [0.717, 1.165) is 15.7 Å². The molecule has 0 bridgehead atoms. The average molecular weight is 373 g/mol. The number of aryl methyl sites for hydroxylation is 1. The molecule has 0 unspecified atom stereocenters. The fraction of sp³-hybridized carbons (Fsp3) is 0.125. The number of amides is 1. The van der Waals surface area contributed by atoms with Gasteiger partial charge < -0.3 is 9.73 Å². The number of carbonyl (C=O) groups excluding carboxylic acids is 1. The van der Waals surface area contributed by atoms with Crippen LogP contribution in [0.15, 0.2) is 57.7 Å². The van der Waals surface area contributed by atoms with Gasteiger partial charge in [-0.1, -0.05) is 22.0 Å². The Bertz CT molecular complexity index is 805. The van der Waals surface area contributed by atoms with Crippen molar-refractivity contribution < 1.29 is 9.21 Å². The number of nitrogens with zero attached hydrogens (tertiary/aromatic N) is 3. The second-order valence-electron chi connectivity index (χ2n) is 4.80. The standard InChI is InChI=1S/C16H13BrN4O2/c17-12-4-1-5-13(9-12)19-14(22)6-7-15-20-21-16(23-15)11-3-2-8-18-10-11/h1-5,8-10H,6-7H2,(H,19,22). The zero-order valence-electron chi connectivity index (χ0n) is 12.1. The number of carbonyl (C=O) groups is 1. The van der Waals surface area contributed by atoms with Gasteiger partial charge in [0.15, 0.2) is 0 Å². The lowest BCUT2D eigenvalue weighted by atomic mass is 10.2. The average Bonchev–Trinajstić information content (AvgIpc) is 3.03. The van der Waals surface area contributed by atoms with Crippen molar-refractivity contribution in [2.75, 3.05) is 5.32 Å². The van der Waals surface area contributed by atoms with E-state index in [2.05, 4.69) is 36.4 Å². The summed E-state index contributed by atoms with van der Waals surface area (Å²) in [5.41, 5.74) is 1.50. The molecule has 0 fully saturated rings. The van der Waals surface area contributed by atoms with Crippen molar-refractivity contribution in [1.82, 2.24) is 15.2 Å². The lowest BCUT2D eigenvalue weighted by molar-refractivity contribution is -0.116. The largest absolute Gasteiger partial charge is 0.421 e. The maximum absolute atomic E-state index is 11.9. The molecule has 6 nitrogen and oxygen atoms in total. The van der Waals surface area contributed by atoms with Gasteiger partial charge in [0.05, 0.1) is 5.56 Å². The molecule has 1 N–H and O–H groups in total. The summed E-state index contributed by atoms with van der Waals surface area (Å²) in [6.07, 6.45) is 3.97. The Labute approximate surface area is 141 Å². The molecule has 2 heterocycles. The third kappa shape index (κ3) is 4.23. The van der Waals surface area contributed by atoms with Crippen LogP contribution in [0.3, 0.4) is 0 Å². The molecule has 7 heteroatoms. The summed E-state index contributed by atoms with van der Waals surface area (Å²) in [4.78, 5) is 16.0. The van der Waals surface area contributed by atoms with Crippen molar-refractivity contribution >= 4 is 27.5 Å². The zero-order chi connectivity index (χ0) is 16.1. The first kappa shape index (κ1) is 15.4. The molecule has 1 aromatic carbocycles. The molecule has 0 spiro atoms. The van der Waals surface area contributed by atoms with Gasteiger partial charge in [0.25, 0.3) is 0 Å². The van der Waals surface area contributed by atoms with Crippen LogP contribution < -0.4 is 5.32 Å². The summed E-state index contributed by atoms with van der Waals surface area (Å²) in [7, 11) is 0. The highest BCUT2D eigenvalue weighted by Gasteiger charge is 2.10. The van der Waals surface area contributed by atoms with Crippen LogP contribution in [0.4, 0.5) is 5.69 Å². The Morgan fingerprint density at radius 3 is 2.91 bits per heavy atom. The number of nitrogens with one attached hydrogen (secondary N) is 1. The Kier molecular flexibility index (Phi) is 4.77. The summed E-state index contributed by atoms with van der Waals surface area (Å²) >= 11 is 3.36. The van der Waals surface area contributed by atoms with Crippen LogP contribution in [-0.2, 0) is 11.2 Å². The van der Waals surface area contributed by atoms with E-state index in [0.29, 0.717) is 18.2 Å². The molecule has 0 saturated carbocycles. The predicted octanol–water partition coefficient (Wildman–Crippen LogP) is 3.47. The van der Waals surface area contributed by atoms with Gasteiger partial charge in [0.1, 0.15) is 0 Å². The van der Waals surface area contributed by atoms with E-state index in [4.69, 9.17) is 4.42 Å². The van der Waals surface area contributed by atoms with Gasteiger partial charge >= 0.3 is 0 Å². The summed E-state index contributed by atoms with van der Waals surface area (Å²) in [6.45, 7) is 0. The molecule has 2 aromatic heterocycles. The van der Waals surface area contributed by atoms with Crippen LogP contribution in [0.5, 0.6) is 0 Å². The minimum atomic E-state index is -0.107. The fourth-order valence-corrected chi connectivity index (χ4v) is 2.37. The summed E-state index contributed by atoms with van der Waals surface area (Å²) in [5, 5.41) is 10.7. The van der Waals surface area contributed by atoms with Gasteiger partial charge in [0, 0.05) is 35.4 Å². The summed E-state index contributed by atoms with van der Waals surface area (Å²) in [5.74, 6) is 0.720. The van der Waals surface area contributed by atoms with Crippen LogP contribution >= 0.6 is 15.9 Å². The van der Waals surface area contributed by atoms with Gasteiger partial charge in [-0.25, -0.2) is 0 Å². The van der Waals surface area contributed by atoms with E-state index in [1.54, 1.807) is 18.5 Å². The van der Waals surface area contributed by atoms with E-state index in [1.165, 1.54) is 0 Å². The molecule has 23 heavy (non-hydrogen) atoms. The molecule has 0 radical (unpaired) electrons. The van der Waals surface area contributed by atoms with Crippen molar-refractivity contribution in [3.05, 3.63) is 59.2 Å². The number of pyridine rings is 1. The second kappa shape index (κ2) is 7.15. The van der Waals surface area contributed by atoms with Gasteiger partial charge in [-0.05, 0) is 30.3 Å². The highest BCUT2D eigenvalue weighted by molar-refractivity contribution is 9.10. The number of halogens is 1. The number of hydrogen-bond acceptors (Lipinski definition) is 5. The molecular weight excluding hydrogens is 360 g/mol. The number of anilines is 1. The van der Waals surface area contributed by atoms with Crippen molar-refractivity contribution in [1.29, 1.82) is 0 Å². The molecule has 0 saturated heterocycles. The topological polar surface area (TPSA) is 80.9 Å². The quantitative estimate of drug-likeness (QED) is 0.741. The van der Waals surface area contributed by atoms with Gasteiger partial charge in [-0.15, -0.1) is 10.2 Å². The van der Waals surface area contributed by atoms with Crippen LogP contribution in [0, 0.1) is 0 Å². The minimum absolute atomic E-state index is 0.107.